The Morgan fingerprint density at radius 1 is 1.45 bits per heavy atom. The molecule has 1 rings (SSSR count). The Bertz CT molecular complexity index is 512. The lowest BCUT2D eigenvalue weighted by atomic mass is 10.2. The summed E-state index contributed by atoms with van der Waals surface area (Å²) in [7, 11) is 1.54. The third-order valence-corrected chi connectivity index (χ3v) is 2.76. The Hall–Kier alpha value is -2.30. The quantitative estimate of drug-likeness (QED) is 0.808. The monoisotopic (exact) mass is 276 g/mol. The van der Waals surface area contributed by atoms with Crippen molar-refractivity contribution >= 4 is 17.5 Å². The van der Waals surface area contributed by atoms with E-state index in [1.54, 1.807) is 19.3 Å². The fourth-order valence-corrected chi connectivity index (χ4v) is 1.74. The number of carbonyl (C=O) groups is 2. The van der Waals surface area contributed by atoms with Gasteiger partial charge in [0.15, 0.2) is 0 Å². The zero-order valence-corrected chi connectivity index (χ0v) is 12.1. The number of rotatable bonds is 6. The van der Waals surface area contributed by atoms with Crippen molar-refractivity contribution in [3.05, 3.63) is 36.4 Å². The molecule has 20 heavy (non-hydrogen) atoms. The van der Waals surface area contributed by atoms with Crippen molar-refractivity contribution in [2.24, 2.45) is 0 Å². The third-order valence-electron chi connectivity index (χ3n) is 2.76. The van der Waals surface area contributed by atoms with Crippen LogP contribution in [0.3, 0.4) is 0 Å². The Morgan fingerprint density at radius 2 is 2.15 bits per heavy atom. The minimum absolute atomic E-state index is 0.0154. The summed E-state index contributed by atoms with van der Waals surface area (Å²) >= 11 is 0. The van der Waals surface area contributed by atoms with Crippen molar-refractivity contribution in [1.29, 1.82) is 0 Å². The Kier molecular flexibility index (Phi) is 5.77. The highest BCUT2D eigenvalue weighted by Crippen LogP contribution is 2.25. The first-order valence-electron chi connectivity index (χ1n) is 6.28. The SMILES string of the molecule is C=CCN(CC(=O)Nc1cc(C)ccc1OC)C(C)=O. The molecule has 0 spiro atoms. The molecule has 1 aromatic rings. The first kappa shape index (κ1) is 15.8. The standard InChI is InChI=1S/C15H20N2O3/c1-5-8-17(12(3)18)10-15(19)16-13-9-11(2)6-7-14(13)20-4/h5-7,9H,1,8,10H2,2-4H3,(H,16,19). The van der Waals surface area contributed by atoms with E-state index in [2.05, 4.69) is 11.9 Å². The molecule has 0 unspecified atom stereocenters. The van der Waals surface area contributed by atoms with Crippen LogP contribution in [0.5, 0.6) is 5.75 Å². The summed E-state index contributed by atoms with van der Waals surface area (Å²) in [5.74, 6) is 0.143. The summed E-state index contributed by atoms with van der Waals surface area (Å²) in [6.45, 7) is 7.24. The first-order chi connectivity index (χ1) is 9.47. The molecule has 108 valence electrons. The molecule has 5 nitrogen and oxygen atoms in total. The molecule has 0 radical (unpaired) electrons. The number of aryl methyl sites for hydroxylation is 1. The van der Waals surface area contributed by atoms with Crippen LogP contribution in [0.4, 0.5) is 5.69 Å². The van der Waals surface area contributed by atoms with Gasteiger partial charge in [0.2, 0.25) is 11.8 Å². The third kappa shape index (κ3) is 4.42. The average molecular weight is 276 g/mol. The summed E-state index contributed by atoms with van der Waals surface area (Å²) in [6.07, 6.45) is 1.59. The number of carbonyl (C=O) groups excluding carboxylic acids is 2. The predicted octanol–water partition coefficient (Wildman–Crippen LogP) is 1.98. The largest absolute Gasteiger partial charge is 0.495 e. The predicted molar refractivity (Wildman–Crippen MR) is 78.8 cm³/mol. The Labute approximate surface area is 119 Å². The second-order valence-corrected chi connectivity index (χ2v) is 4.44. The molecule has 0 saturated carbocycles. The van der Waals surface area contributed by atoms with Crippen molar-refractivity contribution in [2.45, 2.75) is 13.8 Å². The van der Waals surface area contributed by atoms with Gasteiger partial charge in [-0.05, 0) is 24.6 Å². The van der Waals surface area contributed by atoms with Gasteiger partial charge < -0.3 is 15.0 Å². The van der Waals surface area contributed by atoms with E-state index in [1.165, 1.54) is 11.8 Å². The maximum Gasteiger partial charge on any atom is 0.244 e. The van der Waals surface area contributed by atoms with Crippen molar-refractivity contribution in [3.63, 3.8) is 0 Å². The molecule has 0 aromatic heterocycles. The molecule has 0 atom stereocenters. The van der Waals surface area contributed by atoms with Crippen molar-refractivity contribution in [2.75, 3.05) is 25.5 Å². The number of amides is 2. The lowest BCUT2D eigenvalue weighted by Gasteiger charge is -2.19. The minimum Gasteiger partial charge on any atom is -0.495 e. The summed E-state index contributed by atoms with van der Waals surface area (Å²) in [5, 5.41) is 2.75. The average Bonchev–Trinajstić information content (AvgIpc) is 2.38. The lowest BCUT2D eigenvalue weighted by Crippen LogP contribution is -2.36. The van der Waals surface area contributed by atoms with Crippen molar-refractivity contribution < 1.29 is 14.3 Å². The zero-order valence-electron chi connectivity index (χ0n) is 12.1. The molecule has 0 bridgehead atoms. The maximum absolute atomic E-state index is 12.0. The molecule has 0 heterocycles. The van der Waals surface area contributed by atoms with Crippen LogP contribution >= 0.6 is 0 Å². The molecule has 0 aliphatic rings. The maximum atomic E-state index is 12.0. The van der Waals surface area contributed by atoms with Crippen LogP contribution < -0.4 is 10.1 Å². The summed E-state index contributed by atoms with van der Waals surface area (Å²) < 4.78 is 5.19. The van der Waals surface area contributed by atoms with Crippen LogP contribution in [0.2, 0.25) is 0 Å². The number of benzene rings is 1. The molecule has 0 aliphatic carbocycles. The van der Waals surface area contributed by atoms with E-state index < -0.39 is 0 Å². The van der Waals surface area contributed by atoms with Gasteiger partial charge in [-0.25, -0.2) is 0 Å². The van der Waals surface area contributed by atoms with Gasteiger partial charge in [-0.1, -0.05) is 12.1 Å². The van der Waals surface area contributed by atoms with Crippen LogP contribution in [0.15, 0.2) is 30.9 Å². The van der Waals surface area contributed by atoms with E-state index in [-0.39, 0.29) is 18.4 Å². The van der Waals surface area contributed by atoms with Crippen LogP contribution in [-0.2, 0) is 9.59 Å². The molecule has 0 fully saturated rings. The number of nitrogens with one attached hydrogen (secondary N) is 1. The van der Waals surface area contributed by atoms with Gasteiger partial charge in [0.25, 0.3) is 0 Å². The van der Waals surface area contributed by atoms with E-state index in [4.69, 9.17) is 4.74 Å². The number of hydrogen-bond acceptors (Lipinski definition) is 3. The Morgan fingerprint density at radius 3 is 2.70 bits per heavy atom. The van der Waals surface area contributed by atoms with Gasteiger partial charge in [-0.2, -0.15) is 0 Å². The highest BCUT2D eigenvalue weighted by atomic mass is 16.5. The molecule has 2 amide bonds. The van der Waals surface area contributed by atoms with Gasteiger partial charge in [-0.3, -0.25) is 9.59 Å². The number of methoxy groups -OCH3 is 1. The second-order valence-electron chi connectivity index (χ2n) is 4.44. The zero-order chi connectivity index (χ0) is 15.1. The lowest BCUT2D eigenvalue weighted by molar-refractivity contribution is -0.132. The van der Waals surface area contributed by atoms with E-state index in [1.807, 2.05) is 19.1 Å². The van der Waals surface area contributed by atoms with Crippen LogP contribution in [-0.4, -0.2) is 36.9 Å². The highest BCUT2D eigenvalue weighted by Gasteiger charge is 2.14. The van der Waals surface area contributed by atoms with E-state index in [9.17, 15) is 9.59 Å². The van der Waals surface area contributed by atoms with E-state index in [0.29, 0.717) is 18.0 Å². The fraction of sp³-hybridized carbons (Fsp3) is 0.333. The molecular formula is C15H20N2O3. The second kappa shape index (κ2) is 7.33. The molecule has 5 heteroatoms. The van der Waals surface area contributed by atoms with Gasteiger partial charge in [0.05, 0.1) is 12.8 Å². The van der Waals surface area contributed by atoms with E-state index in [0.717, 1.165) is 5.56 Å². The number of anilines is 1. The molecule has 0 aliphatic heterocycles. The Balaban J connectivity index is 2.77. The number of nitrogens with zero attached hydrogens (tertiary/aromatic N) is 1. The normalized spacial score (nSPS) is 9.75. The molecule has 1 aromatic carbocycles. The van der Waals surface area contributed by atoms with Crippen molar-refractivity contribution in [3.8, 4) is 5.75 Å². The van der Waals surface area contributed by atoms with Crippen LogP contribution in [0.1, 0.15) is 12.5 Å². The fourth-order valence-electron chi connectivity index (χ4n) is 1.74. The van der Waals surface area contributed by atoms with Crippen molar-refractivity contribution in [1.82, 2.24) is 4.90 Å². The van der Waals surface area contributed by atoms with Gasteiger partial charge in [0, 0.05) is 13.5 Å². The van der Waals surface area contributed by atoms with Crippen LogP contribution in [0.25, 0.3) is 0 Å². The van der Waals surface area contributed by atoms with Gasteiger partial charge >= 0.3 is 0 Å². The number of ether oxygens (including phenoxy) is 1. The van der Waals surface area contributed by atoms with E-state index >= 15 is 0 Å². The molecule has 0 saturated heterocycles. The van der Waals surface area contributed by atoms with Gasteiger partial charge in [0.1, 0.15) is 12.3 Å². The highest BCUT2D eigenvalue weighted by molar-refractivity contribution is 5.95. The summed E-state index contributed by atoms with van der Waals surface area (Å²) in [4.78, 5) is 24.8. The topological polar surface area (TPSA) is 58.6 Å². The number of hydrogen-bond donors (Lipinski definition) is 1. The molecular weight excluding hydrogens is 256 g/mol. The van der Waals surface area contributed by atoms with Crippen LogP contribution in [0, 0.1) is 6.92 Å². The first-order valence-corrected chi connectivity index (χ1v) is 6.28. The smallest absolute Gasteiger partial charge is 0.244 e. The minimum atomic E-state index is -0.272. The summed E-state index contributed by atoms with van der Waals surface area (Å²) in [6, 6.07) is 5.51. The summed E-state index contributed by atoms with van der Waals surface area (Å²) in [5.41, 5.74) is 1.61. The van der Waals surface area contributed by atoms with Gasteiger partial charge in [-0.15, -0.1) is 6.58 Å². The molecule has 1 N–H and O–H groups in total.